The summed E-state index contributed by atoms with van der Waals surface area (Å²) in [6.07, 6.45) is 7.58. The van der Waals surface area contributed by atoms with E-state index >= 15 is 0 Å². The summed E-state index contributed by atoms with van der Waals surface area (Å²) < 4.78 is 32.4. The molecule has 2 aliphatic rings. The molecule has 1 fully saturated rings. The van der Waals surface area contributed by atoms with Gasteiger partial charge >= 0.3 is 0 Å². The fraction of sp³-hybridized carbons (Fsp3) is 0.667. The van der Waals surface area contributed by atoms with Gasteiger partial charge in [0, 0.05) is 19.7 Å². The van der Waals surface area contributed by atoms with Crippen molar-refractivity contribution in [3.05, 3.63) is 35.4 Å². The summed E-state index contributed by atoms with van der Waals surface area (Å²) in [7, 11) is -3.46. The highest BCUT2D eigenvalue weighted by Crippen LogP contribution is 2.26. The number of nitrogens with one attached hydrogen (secondary N) is 1. The Balaban J connectivity index is 1.54. The summed E-state index contributed by atoms with van der Waals surface area (Å²) in [5.74, 6) is -0.224. The summed E-state index contributed by atoms with van der Waals surface area (Å²) in [5, 5.41) is 2.92. The van der Waals surface area contributed by atoms with E-state index in [2.05, 4.69) is 5.32 Å². The molecule has 1 aromatic rings. The number of carbonyl (C=O) groups excluding carboxylic acids is 1. The third kappa shape index (κ3) is 5.33. The number of ether oxygens (including phenoxy) is 1. The van der Waals surface area contributed by atoms with Crippen molar-refractivity contribution in [1.29, 1.82) is 0 Å². The van der Waals surface area contributed by atoms with Crippen LogP contribution in [0, 0.1) is 0 Å². The number of benzene rings is 1. The molecular weight excluding hydrogens is 376 g/mol. The molecule has 0 unspecified atom stereocenters. The first-order valence-electron chi connectivity index (χ1n) is 10.5. The standard InChI is InChI=1S/C21H32N2O4S/c1-2-28(25,26)23-16-18-10-7-6-9-17(18)15-20(23)21(24)22-13-8-14-27-19-11-4-3-5-12-19/h6-7,9-10,19-20H,2-5,8,11-16H2,1H3,(H,22,24)/t20-/m0/s1. The van der Waals surface area contributed by atoms with Crippen molar-refractivity contribution in [2.45, 2.75) is 70.6 Å². The fourth-order valence-corrected chi connectivity index (χ4v) is 5.29. The Bertz CT molecular complexity index is 759. The van der Waals surface area contributed by atoms with Gasteiger partial charge in [0.1, 0.15) is 6.04 Å². The average Bonchev–Trinajstić information content (AvgIpc) is 2.73. The minimum Gasteiger partial charge on any atom is -0.378 e. The first kappa shape index (κ1) is 21.3. The van der Waals surface area contributed by atoms with Gasteiger partial charge in [0.15, 0.2) is 0 Å². The molecular formula is C21H32N2O4S. The van der Waals surface area contributed by atoms with Gasteiger partial charge in [0.25, 0.3) is 0 Å². The summed E-state index contributed by atoms with van der Waals surface area (Å²) >= 11 is 0. The molecule has 0 bridgehead atoms. The lowest BCUT2D eigenvalue weighted by molar-refractivity contribution is -0.125. The van der Waals surface area contributed by atoms with E-state index in [4.69, 9.17) is 4.74 Å². The largest absolute Gasteiger partial charge is 0.378 e. The molecule has 1 saturated carbocycles. The lowest BCUT2D eigenvalue weighted by Crippen LogP contribution is -2.53. The van der Waals surface area contributed by atoms with Gasteiger partial charge < -0.3 is 10.1 Å². The maximum atomic E-state index is 12.8. The minimum absolute atomic E-state index is 0.00578. The number of carbonyl (C=O) groups is 1. The van der Waals surface area contributed by atoms with Crippen LogP contribution in [0.15, 0.2) is 24.3 Å². The SMILES string of the molecule is CCS(=O)(=O)N1Cc2ccccc2C[C@H]1C(=O)NCCCOC1CCCCC1. The van der Waals surface area contributed by atoms with Crippen molar-refractivity contribution in [3.8, 4) is 0 Å². The Labute approximate surface area is 168 Å². The predicted molar refractivity (Wildman–Crippen MR) is 109 cm³/mol. The smallest absolute Gasteiger partial charge is 0.238 e. The summed E-state index contributed by atoms with van der Waals surface area (Å²) in [4.78, 5) is 12.8. The average molecular weight is 409 g/mol. The van der Waals surface area contributed by atoms with Gasteiger partial charge in [-0.05, 0) is 43.7 Å². The Kier molecular flexibility index (Phi) is 7.48. The maximum absolute atomic E-state index is 12.8. The molecule has 1 amide bonds. The Morgan fingerprint density at radius 1 is 1.18 bits per heavy atom. The van der Waals surface area contributed by atoms with Crippen LogP contribution in [0.25, 0.3) is 0 Å². The number of nitrogens with zero attached hydrogens (tertiary/aromatic N) is 1. The number of sulfonamides is 1. The number of rotatable bonds is 8. The van der Waals surface area contributed by atoms with E-state index in [1.165, 1.54) is 23.6 Å². The van der Waals surface area contributed by atoms with Crippen molar-refractivity contribution >= 4 is 15.9 Å². The summed E-state index contributed by atoms with van der Waals surface area (Å²) in [6.45, 7) is 3.02. The van der Waals surface area contributed by atoms with Crippen molar-refractivity contribution in [1.82, 2.24) is 9.62 Å². The molecule has 0 radical (unpaired) electrons. The Morgan fingerprint density at radius 2 is 1.89 bits per heavy atom. The Morgan fingerprint density at radius 3 is 2.61 bits per heavy atom. The topological polar surface area (TPSA) is 75.7 Å². The summed E-state index contributed by atoms with van der Waals surface area (Å²) in [6, 6.07) is 7.07. The highest BCUT2D eigenvalue weighted by atomic mass is 32.2. The quantitative estimate of drug-likeness (QED) is 0.671. The van der Waals surface area contributed by atoms with Crippen LogP contribution in [0.2, 0.25) is 0 Å². The molecule has 28 heavy (non-hydrogen) atoms. The number of hydrogen-bond acceptors (Lipinski definition) is 4. The normalized spacial score (nSPS) is 21.2. The monoisotopic (exact) mass is 408 g/mol. The van der Waals surface area contributed by atoms with Crippen LogP contribution in [-0.2, 0) is 32.5 Å². The van der Waals surface area contributed by atoms with Crippen LogP contribution < -0.4 is 5.32 Å². The molecule has 1 aliphatic heterocycles. The van der Waals surface area contributed by atoms with Gasteiger partial charge in [-0.3, -0.25) is 4.79 Å². The van der Waals surface area contributed by atoms with E-state index in [1.54, 1.807) is 6.92 Å². The van der Waals surface area contributed by atoms with E-state index in [0.29, 0.717) is 25.7 Å². The molecule has 1 aliphatic carbocycles. The molecule has 6 nitrogen and oxygen atoms in total. The maximum Gasteiger partial charge on any atom is 0.238 e. The second kappa shape index (κ2) is 9.85. The first-order chi connectivity index (χ1) is 13.5. The number of hydrogen-bond donors (Lipinski definition) is 1. The van der Waals surface area contributed by atoms with Gasteiger partial charge in [0.05, 0.1) is 11.9 Å². The zero-order valence-electron chi connectivity index (χ0n) is 16.7. The lowest BCUT2D eigenvalue weighted by atomic mass is 9.95. The van der Waals surface area contributed by atoms with Gasteiger partial charge in [0.2, 0.25) is 15.9 Å². The molecule has 1 atom stereocenters. The third-order valence-corrected chi connectivity index (χ3v) is 7.58. The minimum atomic E-state index is -3.46. The fourth-order valence-electron chi connectivity index (χ4n) is 4.06. The second-order valence-corrected chi connectivity index (χ2v) is 9.92. The number of amides is 1. The predicted octanol–water partition coefficient (Wildman–Crippen LogP) is 2.62. The van der Waals surface area contributed by atoms with Crippen LogP contribution >= 0.6 is 0 Å². The third-order valence-electron chi connectivity index (χ3n) is 5.76. The van der Waals surface area contributed by atoms with E-state index in [1.807, 2.05) is 24.3 Å². The van der Waals surface area contributed by atoms with E-state index < -0.39 is 16.1 Å². The molecule has 1 heterocycles. The van der Waals surface area contributed by atoms with Crippen molar-refractivity contribution in [2.24, 2.45) is 0 Å². The van der Waals surface area contributed by atoms with Crippen LogP contribution in [0.3, 0.4) is 0 Å². The molecule has 3 rings (SSSR count). The van der Waals surface area contributed by atoms with Gasteiger partial charge in [-0.15, -0.1) is 0 Å². The lowest BCUT2D eigenvalue weighted by Gasteiger charge is -2.34. The van der Waals surface area contributed by atoms with E-state index in [-0.39, 0.29) is 18.2 Å². The second-order valence-electron chi connectivity index (χ2n) is 7.71. The molecule has 1 aromatic carbocycles. The highest BCUT2D eigenvalue weighted by molar-refractivity contribution is 7.89. The molecule has 0 saturated heterocycles. The van der Waals surface area contributed by atoms with E-state index in [9.17, 15) is 13.2 Å². The van der Waals surface area contributed by atoms with Gasteiger partial charge in [-0.1, -0.05) is 43.5 Å². The first-order valence-corrected chi connectivity index (χ1v) is 12.1. The zero-order valence-corrected chi connectivity index (χ0v) is 17.5. The van der Waals surface area contributed by atoms with Crippen LogP contribution in [0.5, 0.6) is 0 Å². The molecule has 0 spiro atoms. The molecule has 156 valence electrons. The van der Waals surface area contributed by atoms with Crippen LogP contribution in [0.4, 0.5) is 0 Å². The van der Waals surface area contributed by atoms with Crippen molar-refractivity contribution in [3.63, 3.8) is 0 Å². The molecule has 7 heteroatoms. The van der Waals surface area contributed by atoms with Gasteiger partial charge in [-0.2, -0.15) is 4.31 Å². The van der Waals surface area contributed by atoms with Crippen molar-refractivity contribution < 1.29 is 17.9 Å². The Hall–Kier alpha value is -1.44. The molecule has 0 aromatic heterocycles. The van der Waals surface area contributed by atoms with Crippen LogP contribution in [0.1, 0.15) is 56.6 Å². The highest BCUT2D eigenvalue weighted by Gasteiger charge is 2.37. The molecule has 1 N–H and O–H groups in total. The van der Waals surface area contributed by atoms with Gasteiger partial charge in [-0.25, -0.2) is 8.42 Å². The van der Waals surface area contributed by atoms with Crippen molar-refractivity contribution in [2.75, 3.05) is 18.9 Å². The summed E-state index contributed by atoms with van der Waals surface area (Å²) in [5.41, 5.74) is 2.02. The van der Waals surface area contributed by atoms with Crippen LogP contribution in [-0.4, -0.2) is 49.7 Å². The zero-order chi connectivity index (χ0) is 20.0. The van der Waals surface area contributed by atoms with E-state index in [0.717, 1.165) is 30.4 Å². The number of fused-ring (bicyclic) bond motifs is 1.